The van der Waals surface area contributed by atoms with E-state index in [0.29, 0.717) is 17.0 Å². The summed E-state index contributed by atoms with van der Waals surface area (Å²) in [5, 5.41) is 8.52. The van der Waals surface area contributed by atoms with E-state index in [9.17, 15) is 26.3 Å². The van der Waals surface area contributed by atoms with Crippen LogP contribution in [0.5, 0.6) is 0 Å². The molecule has 0 saturated carbocycles. The van der Waals surface area contributed by atoms with Crippen molar-refractivity contribution in [1.82, 2.24) is 0 Å². The van der Waals surface area contributed by atoms with Crippen LogP contribution in [0, 0.1) is 13.8 Å². The Balaban J connectivity index is 3.44. The van der Waals surface area contributed by atoms with Crippen molar-refractivity contribution in [3.8, 4) is 0 Å². The molecule has 1 aromatic rings. The second-order valence-electron chi connectivity index (χ2n) is 4.15. The second kappa shape index (κ2) is 4.59. The van der Waals surface area contributed by atoms with Crippen LogP contribution in [0.15, 0.2) is 17.0 Å². The van der Waals surface area contributed by atoms with E-state index in [1.54, 1.807) is 0 Å². The molecule has 0 spiro atoms. The van der Waals surface area contributed by atoms with E-state index in [-0.39, 0.29) is 11.1 Å². The molecule has 0 radical (unpaired) electrons. The first-order chi connectivity index (χ1) is 8.32. The Morgan fingerprint density at radius 2 is 1.32 bits per heavy atom. The van der Waals surface area contributed by atoms with E-state index in [1.165, 1.54) is 13.8 Å². The fraction of sp³-hybridized carbons (Fsp3) is 0.455. The normalized spacial score (nSPS) is 16.3. The summed E-state index contributed by atoms with van der Waals surface area (Å²) in [6.45, 7) is 2.67. The number of halogens is 6. The smallest absolute Gasteiger partial charge is 0.350 e. The van der Waals surface area contributed by atoms with Gasteiger partial charge < -0.3 is 5.11 Å². The van der Waals surface area contributed by atoms with Gasteiger partial charge in [-0.2, -0.15) is 26.3 Å². The van der Waals surface area contributed by atoms with Crippen molar-refractivity contribution >= 4 is 12.6 Å². The zero-order valence-corrected chi connectivity index (χ0v) is 10.7. The largest absolute Gasteiger partial charge is 0.455 e. The minimum atomic E-state index is -6.11. The SMILES string of the molecule is Cc1cc(C(F)(F)C(O)(F)C(F)(F)F)cc(C)c1S. The topological polar surface area (TPSA) is 20.2 Å². The number of aryl methyl sites for hydroxylation is 2. The molecule has 0 saturated heterocycles. The van der Waals surface area contributed by atoms with Crippen LogP contribution in [0.2, 0.25) is 0 Å². The Labute approximate surface area is 110 Å². The third-order valence-electron chi connectivity index (χ3n) is 2.65. The van der Waals surface area contributed by atoms with Crippen LogP contribution in [0.1, 0.15) is 16.7 Å². The van der Waals surface area contributed by atoms with Crippen molar-refractivity contribution in [2.24, 2.45) is 0 Å². The first-order valence-corrected chi connectivity index (χ1v) is 5.43. The van der Waals surface area contributed by atoms with E-state index < -0.39 is 23.5 Å². The minimum Gasteiger partial charge on any atom is -0.350 e. The summed E-state index contributed by atoms with van der Waals surface area (Å²) in [6.07, 6.45) is -6.11. The molecule has 0 aromatic heterocycles. The quantitative estimate of drug-likeness (QED) is 0.627. The lowest BCUT2D eigenvalue weighted by Crippen LogP contribution is -2.53. The van der Waals surface area contributed by atoms with Gasteiger partial charge in [0.2, 0.25) is 0 Å². The maximum absolute atomic E-state index is 13.6. The van der Waals surface area contributed by atoms with Crippen LogP contribution in [-0.2, 0) is 5.92 Å². The molecule has 1 N–H and O–H groups in total. The van der Waals surface area contributed by atoms with Crippen LogP contribution in [0.25, 0.3) is 0 Å². The maximum atomic E-state index is 13.6. The lowest BCUT2D eigenvalue weighted by Gasteiger charge is -2.30. The average molecular weight is 304 g/mol. The van der Waals surface area contributed by atoms with Crippen molar-refractivity contribution in [3.63, 3.8) is 0 Å². The zero-order chi connectivity index (χ0) is 15.2. The van der Waals surface area contributed by atoms with Gasteiger partial charge >= 0.3 is 18.0 Å². The summed E-state index contributed by atoms with van der Waals surface area (Å²) in [5.74, 6) is -10.8. The van der Waals surface area contributed by atoms with E-state index in [2.05, 4.69) is 12.6 Å². The molecule has 8 heteroatoms. The van der Waals surface area contributed by atoms with Gasteiger partial charge in [-0.1, -0.05) is 0 Å². The van der Waals surface area contributed by atoms with Crippen LogP contribution in [0.3, 0.4) is 0 Å². The Hall–Kier alpha value is -0.890. The van der Waals surface area contributed by atoms with Gasteiger partial charge in [-0.3, -0.25) is 0 Å². The molecule has 108 valence electrons. The summed E-state index contributed by atoms with van der Waals surface area (Å²) in [6, 6.07) is 1.32. The lowest BCUT2D eigenvalue weighted by molar-refractivity contribution is -0.390. The average Bonchev–Trinajstić information content (AvgIpc) is 2.23. The second-order valence-corrected chi connectivity index (χ2v) is 4.60. The van der Waals surface area contributed by atoms with Crippen LogP contribution in [-0.4, -0.2) is 17.1 Å². The van der Waals surface area contributed by atoms with Gasteiger partial charge in [0.15, 0.2) is 0 Å². The molecular weight excluding hydrogens is 294 g/mol. The van der Waals surface area contributed by atoms with Gasteiger partial charge in [0.25, 0.3) is 0 Å². The fourth-order valence-electron chi connectivity index (χ4n) is 1.51. The van der Waals surface area contributed by atoms with Crippen molar-refractivity contribution in [1.29, 1.82) is 0 Å². The third-order valence-corrected chi connectivity index (χ3v) is 3.35. The summed E-state index contributed by atoms with van der Waals surface area (Å²) in [4.78, 5) is 0.300. The number of thiol groups is 1. The lowest BCUT2D eigenvalue weighted by atomic mass is 9.97. The number of hydrogen-bond acceptors (Lipinski definition) is 2. The predicted molar refractivity (Wildman–Crippen MR) is 59.2 cm³/mol. The number of rotatable bonds is 2. The minimum absolute atomic E-state index is 0.149. The standard InChI is InChI=1S/C11H10F6OS/c1-5-3-7(4-6(2)8(5)19)9(12,13)10(14,18)11(15,16)17/h3-4,18-19H,1-2H3. The van der Waals surface area contributed by atoms with E-state index in [4.69, 9.17) is 5.11 Å². The molecule has 0 aliphatic heterocycles. The van der Waals surface area contributed by atoms with Crippen LogP contribution < -0.4 is 0 Å². The van der Waals surface area contributed by atoms with Gasteiger partial charge in [-0.15, -0.1) is 12.6 Å². The Bertz CT molecular complexity index is 471. The van der Waals surface area contributed by atoms with Gasteiger partial charge in [0.1, 0.15) is 0 Å². The monoisotopic (exact) mass is 304 g/mol. The van der Waals surface area contributed by atoms with Gasteiger partial charge in [0.05, 0.1) is 0 Å². The number of hydrogen-bond donors (Lipinski definition) is 2. The van der Waals surface area contributed by atoms with E-state index in [1.807, 2.05) is 0 Å². The summed E-state index contributed by atoms with van der Waals surface area (Å²) < 4.78 is 76.7. The van der Waals surface area contributed by atoms with Crippen molar-refractivity contribution in [2.75, 3.05) is 0 Å². The summed E-state index contributed by atoms with van der Waals surface area (Å²) in [5.41, 5.74) is -0.963. The number of aliphatic hydroxyl groups is 1. The molecule has 1 aromatic carbocycles. The third kappa shape index (κ3) is 2.55. The maximum Gasteiger partial charge on any atom is 0.455 e. The van der Waals surface area contributed by atoms with E-state index in [0.717, 1.165) is 0 Å². The highest BCUT2D eigenvalue weighted by atomic mass is 32.1. The van der Waals surface area contributed by atoms with Crippen molar-refractivity contribution < 1.29 is 31.4 Å². The zero-order valence-electron chi connectivity index (χ0n) is 9.82. The fourth-order valence-corrected chi connectivity index (χ4v) is 1.64. The molecule has 0 amide bonds. The number of benzene rings is 1. The van der Waals surface area contributed by atoms with Crippen LogP contribution >= 0.6 is 12.6 Å². The first kappa shape index (κ1) is 16.2. The van der Waals surface area contributed by atoms with Crippen LogP contribution in [0.4, 0.5) is 26.3 Å². The van der Waals surface area contributed by atoms with Crippen molar-refractivity contribution in [3.05, 3.63) is 28.8 Å². The molecule has 1 unspecified atom stereocenters. The summed E-state index contributed by atoms with van der Waals surface area (Å²) >= 11 is 3.96. The highest BCUT2D eigenvalue weighted by molar-refractivity contribution is 7.80. The molecule has 19 heavy (non-hydrogen) atoms. The molecule has 0 fully saturated rings. The highest BCUT2D eigenvalue weighted by Crippen LogP contribution is 2.49. The van der Waals surface area contributed by atoms with Gasteiger partial charge in [-0.25, -0.2) is 0 Å². The molecule has 0 bridgehead atoms. The molecular formula is C11H10F6OS. The summed E-state index contributed by atoms with van der Waals surface area (Å²) in [7, 11) is 0. The molecule has 0 aliphatic carbocycles. The first-order valence-electron chi connectivity index (χ1n) is 4.99. The van der Waals surface area contributed by atoms with Gasteiger partial charge in [-0.05, 0) is 37.1 Å². The highest BCUT2D eigenvalue weighted by Gasteiger charge is 2.71. The Morgan fingerprint density at radius 3 is 1.63 bits per heavy atom. The van der Waals surface area contributed by atoms with Gasteiger partial charge in [0, 0.05) is 10.5 Å². The molecule has 0 heterocycles. The van der Waals surface area contributed by atoms with E-state index >= 15 is 0 Å². The number of alkyl halides is 6. The molecule has 1 nitrogen and oxygen atoms in total. The predicted octanol–water partition coefficient (Wildman–Crippen LogP) is 3.90. The van der Waals surface area contributed by atoms with Crippen molar-refractivity contribution in [2.45, 2.75) is 36.7 Å². The Morgan fingerprint density at radius 1 is 0.947 bits per heavy atom. The molecule has 1 rings (SSSR count). The molecule has 0 aliphatic rings. The molecule has 1 atom stereocenters. The Kier molecular flexibility index (Phi) is 3.90.